The number of carbonyl (C=O) groups excluding carboxylic acids is 2. The molecule has 0 amide bonds. The molecule has 30 heavy (non-hydrogen) atoms. The molecule has 0 fully saturated rings. The van der Waals surface area contributed by atoms with Gasteiger partial charge in [0.15, 0.2) is 6.10 Å². The third kappa shape index (κ3) is 3.27. The standard InChI is InChI=1S/C23H24N2O4S/c1-11-9-13(3)16(10-12(11)2)19(26)15(5)29-23(28)20-14(4)18-21(30-20)24-17-7-6-8-25(17)22(18)27/h9-10,15H,6-8H2,1-5H3. The van der Waals surface area contributed by atoms with Crippen molar-refractivity contribution in [2.75, 3.05) is 0 Å². The molecule has 7 heteroatoms. The smallest absolute Gasteiger partial charge is 0.349 e. The van der Waals surface area contributed by atoms with Crippen LogP contribution in [0.15, 0.2) is 16.9 Å². The lowest BCUT2D eigenvalue weighted by molar-refractivity contribution is 0.0322. The van der Waals surface area contributed by atoms with Crippen LogP contribution in [-0.4, -0.2) is 27.4 Å². The SMILES string of the molecule is Cc1cc(C)c(C(=O)C(C)OC(=O)c2sc3nc4n(c(=O)c3c2C)CCC4)cc1C. The summed E-state index contributed by atoms with van der Waals surface area (Å²) in [6, 6.07) is 3.81. The number of rotatable bonds is 4. The third-order valence-corrected chi connectivity index (χ3v) is 7.02. The van der Waals surface area contributed by atoms with E-state index < -0.39 is 12.1 Å². The van der Waals surface area contributed by atoms with Crippen molar-refractivity contribution in [3.05, 3.63) is 61.0 Å². The normalized spacial score (nSPS) is 14.0. The van der Waals surface area contributed by atoms with Crippen LogP contribution in [-0.2, 0) is 17.7 Å². The molecule has 0 spiro atoms. The fourth-order valence-corrected chi connectivity index (χ4v) is 5.06. The Balaban J connectivity index is 1.63. The second-order valence-electron chi connectivity index (χ2n) is 7.99. The number of thiophene rings is 1. The van der Waals surface area contributed by atoms with Gasteiger partial charge in [-0.1, -0.05) is 6.07 Å². The van der Waals surface area contributed by atoms with Crippen LogP contribution >= 0.6 is 11.3 Å². The molecule has 0 N–H and O–H groups in total. The number of ether oxygens (including phenoxy) is 1. The Labute approximate surface area is 178 Å². The predicted octanol–water partition coefficient (Wildman–Crippen LogP) is 4.07. The van der Waals surface area contributed by atoms with Gasteiger partial charge in [-0.2, -0.15) is 0 Å². The number of benzene rings is 1. The zero-order valence-electron chi connectivity index (χ0n) is 17.8. The van der Waals surface area contributed by atoms with Crippen LogP contribution in [0.3, 0.4) is 0 Å². The maximum absolute atomic E-state index is 12.9. The second kappa shape index (κ2) is 7.47. The van der Waals surface area contributed by atoms with Crippen molar-refractivity contribution in [1.82, 2.24) is 9.55 Å². The monoisotopic (exact) mass is 424 g/mol. The highest BCUT2D eigenvalue weighted by Crippen LogP contribution is 2.29. The summed E-state index contributed by atoms with van der Waals surface area (Å²) in [7, 11) is 0. The summed E-state index contributed by atoms with van der Waals surface area (Å²) in [4.78, 5) is 44.0. The van der Waals surface area contributed by atoms with Gasteiger partial charge in [-0.15, -0.1) is 11.3 Å². The number of ketones is 1. The summed E-state index contributed by atoms with van der Waals surface area (Å²) in [5.41, 5.74) is 4.01. The molecule has 1 aliphatic rings. The molecule has 1 atom stereocenters. The van der Waals surface area contributed by atoms with Crippen molar-refractivity contribution < 1.29 is 14.3 Å². The van der Waals surface area contributed by atoms with E-state index >= 15 is 0 Å². The summed E-state index contributed by atoms with van der Waals surface area (Å²) in [5, 5.41) is 0.474. The van der Waals surface area contributed by atoms with E-state index in [0.717, 1.165) is 46.7 Å². The topological polar surface area (TPSA) is 78.3 Å². The van der Waals surface area contributed by atoms with E-state index in [4.69, 9.17) is 4.74 Å². The molecular formula is C23H24N2O4S. The van der Waals surface area contributed by atoms with Crippen molar-refractivity contribution in [3.63, 3.8) is 0 Å². The molecule has 1 unspecified atom stereocenters. The molecule has 156 valence electrons. The van der Waals surface area contributed by atoms with Crippen molar-refractivity contribution in [2.24, 2.45) is 0 Å². The number of aryl methyl sites for hydroxylation is 5. The average molecular weight is 425 g/mol. The van der Waals surface area contributed by atoms with Crippen LogP contribution in [0.25, 0.3) is 10.2 Å². The van der Waals surface area contributed by atoms with Gasteiger partial charge < -0.3 is 4.74 Å². The minimum atomic E-state index is -0.929. The molecular weight excluding hydrogens is 400 g/mol. The molecule has 0 saturated carbocycles. The van der Waals surface area contributed by atoms with E-state index in [1.165, 1.54) is 0 Å². The van der Waals surface area contributed by atoms with Crippen molar-refractivity contribution in [1.29, 1.82) is 0 Å². The maximum atomic E-state index is 12.9. The summed E-state index contributed by atoms with van der Waals surface area (Å²) in [6.07, 6.45) is 0.746. The summed E-state index contributed by atoms with van der Waals surface area (Å²) in [5.74, 6) is -0.0651. The first kappa shape index (κ1) is 20.5. The highest BCUT2D eigenvalue weighted by molar-refractivity contribution is 7.20. The number of Topliss-reactive ketones (excluding diaryl/α,β-unsaturated/α-hetero) is 1. The molecule has 3 heterocycles. The Bertz CT molecular complexity index is 1270. The quantitative estimate of drug-likeness (QED) is 0.466. The van der Waals surface area contributed by atoms with Gasteiger partial charge in [0.05, 0.1) is 5.39 Å². The molecule has 6 nitrogen and oxygen atoms in total. The Morgan fingerprint density at radius 3 is 2.57 bits per heavy atom. The lowest BCUT2D eigenvalue weighted by Gasteiger charge is -2.15. The maximum Gasteiger partial charge on any atom is 0.349 e. The van der Waals surface area contributed by atoms with E-state index in [9.17, 15) is 14.4 Å². The van der Waals surface area contributed by atoms with Gasteiger partial charge >= 0.3 is 5.97 Å². The van der Waals surface area contributed by atoms with E-state index in [-0.39, 0.29) is 11.3 Å². The highest BCUT2D eigenvalue weighted by atomic mass is 32.1. The zero-order valence-corrected chi connectivity index (χ0v) is 18.6. The van der Waals surface area contributed by atoms with Crippen molar-refractivity contribution >= 4 is 33.3 Å². The fourth-order valence-electron chi connectivity index (χ4n) is 3.98. The number of carbonyl (C=O) groups is 2. The van der Waals surface area contributed by atoms with E-state index in [1.54, 1.807) is 18.4 Å². The predicted molar refractivity (Wildman–Crippen MR) is 117 cm³/mol. The van der Waals surface area contributed by atoms with Crippen LogP contribution in [0.5, 0.6) is 0 Å². The molecule has 2 aromatic heterocycles. The molecule has 1 aromatic carbocycles. The van der Waals surface area contributed by atoms with Gasteiger partial charge in [0, 0.05) is 18.5 Å². The molecule has 0 radical (unpaired) electrons. The number of esters is 1. The lowest BCUT2D eigenvalue weighted by atomic mass is 9.96. The van der Waals surface area contributed by atoms with Crippen LogP contribution in [0.2, 0.25) is 0 Å². The van der Waals surface area contributed by atoms with Gasteiger partial charge in [-0.25, -0.2) is 9.78 Å². The van der Waals surface area contributed by atoms with Crippen LogP contribution in [0.4, 0.5) is 0 Å². The molecule has 3 aromatic rings. The highest BCUT2D eigenvalue weighted by Gasteiger charge is 2.27. The van der Waals surface area contributed by atoms with Crippen molar-refractivity contribution in [3.8, 4) is 0 Å². The molecule has 0 saturated heterocycles. The largest absolute Gasteiger partial charge is 0.450 e. The Morgan fingerprint density at radius 1 is 1.13 bits per heavy atom. The number of hydrogen-bond acceptors (Lipinski definition) is 6. The Morgan fingerprint density at radius 2 is 1.83 bits per heavy atom. The number of fused-ring (bicyclic) bond motifs is 2. The van der Waals surface area contributed by atoms with E-state index in [1.807, 2.05) is 32.9 Å². The van der Waals surface area contributed by atoms with E-state index in [2.05, 4.69) is 4.98 Å². The van der Waals surface area contributed by atoms with Gasteiger partial charge in [0.25, 0.3) is 5.56 Å². The first-order valence-electron chi connectivity index (χ1n) is 10.0. The van der Waals surface area contributed by atoms with E-state index in [0.29, 0.717) is 32.8 Å². The van der Waals surface area contributed by atoms with Gasteiger partial charge in [-0.3, -0.25) is 14.2 Å². The summed E-state index contributed by atoms with van der Waals surface area (Å²) in [6.45, 7) is 9.80. The minimum Gasteiger partial charge on any atom is -0.450 e. The summed E-state index contributed by atoms with van der Waals surface area (Å²) >= 11 is 1.16. The number of nitrogens with zero attached hydrogens (tertiary/aromatic N) is 2. The van der Waals surface area contributed by atoms with Crippen LogP contribution < -0.4 is 5.56 Å². The average Bonchev–Trinajstić information content (AvgIpc) is 3.29. The zero-order chi connectivity index (χ0) is 21.7. The van der Waals surface area contributed by atoms with Crippen molar-refractivity contribution in [2.45, 2.75) is 60.1 Å². The van der Waals surface area contributed by atoms with Crippen LogP contribution in [0.1, 0.15) is 61.5 Å². The Kier molecular flexibility index (Phi) is 5.10. The molecule has 4 rings (SSSR count). The van der Waals surface area contributed by atoms with Crippen LogP contribution in [0, 0.1) is 27.7 Å². The minimum absolute atomic E-state index is 0.102. The molecule has 0 aliphatic carbocycles. The number of hydrogen-bond donors (Lipinski definition) is 0. The molecule has 1 aliphatic heterocycles. The summed E-state index contributed by atoms with van der Waals surface area (Å²) < 4.78 is 7.20. The third-order valence-electron chi connectivity index (χ3n) is 5.86. The Hall–Kier alpha value is -2.80. The lowest BCUT2D eigenvalue weighted by Crippen LogP contribution is -2.25. The van der Waals surface area contributed by atoms with Gasteiger partial charge in [-0.05, 0) is 69.4 Å². The second-order valence-corrected chi connectivity index (χ2v) is 8.99. The van der Waals surface area contributed by atoms with Gasteiger partial charge in [0.2, 0.25) is 5.78 Å². The number of aromatic nitrogens is 2. The fraction of sp³-hybridized carbons (Fsp3) is 0.391. The van der Waals surface area contributed by atoms with Gasteiger partial charge in [0.1, 0.15) is 15.5 Å². The molecule has 0 bridgehead atoms. The first-order valence-corrected chi connectivity index (χ1v) is 10.9. The first-order chi connectivity index (χ1) is 14.2.